The van der Waals surface area contributed by atoms with Crippen molar-refractivity contribution in [1.82, 2.24) is 4.90 Å². The molecule has 3 rings (SSSR count). The lowest BCUT2D eigenvalue weighted by atomic mass is 10.2. The van der Waals surface area contributed by atoms with Crippen molar-refractivity contribution in [2.45, 2.75) is 18.4 Å². The number of thiophene rings is 1. The highest BCUT2D eigenvalue weighted by Crippen LogP contribution is 2.20. The zero-order valence-corrected chi connectivity index (χ0v) is 16.7. The van der Waals surface area contributed by atoms with E-state index < -0.39 is 10.0 Å². The normalized spacial score (nSPS) is 11.2. The zero-order valence-electron chi connectivity index (χ0n) is 15.0. The van der Waals surface area contributed by atoms with Crippen LogP contribution in [0.15, 0.2) is 70.9 Å². The second kappa shape index (κ2) is 7.94. The first-order valence-electron chi connectivity index (χ1n) is 8.33. The largest absolute Gasteiger partial charge is 0.337 e. The van der Waals surface area contributed by atoms with Gasteiger partial charge in [0.1, 0.15) is 0 Å². The third kappa shape index (κ3) is 4.56. The number of anilines is 1. The highest BCUT2D eigenvalue weighted by atomic mass is 32.2. The first kappa shape index (κ1) is 19.1. The first-order chi connectivity index (χ1) is 12.9. The van der Waals surface area contributed by atoms with Crippen molar-refractivity contribution in [2.75, 3.05) is 11.8 Å². The van der Waals surface area contributed by atoms with Crippen LogP contribution in [0.4, 0.5) is 5.69 Å². The number of nitrogens with zero attached hydrogens (tertiary/aromatic N) is 1. The van der Waals surface area contributed by atoms with Crippen molar-refractivity contribution in [3.05, 3.63) is 82.0 Å². The molecule has 0 aliphatic rings. The Morgan fingerprint density at radius 2 is 1.70 bits per heavy atom. The summed E-state index contributed by atoms with van der Waals surface area (Å²) in [5.41, 5.74) is 2.10. The van der Waals surface area contributed by atoms with Gasteiger partial charge in [-0.25, -0.2) is 8.42 Å². The number of nitrogens with one attached hydrogen (secondary N) is 1. The van der Waals surface area contributed by atoms with Crippen LogP contribution in [0.2, 0.25) is 0 Å². The van der Waals surface area contributed by atoms with Crippen LogP contribution in [0, 0.1) is 6.92 Å². The standard InChI is InChI=1S/C20H20N2O3S2/c1-15-12-13-26-19(15)14-22(2)20(23)16-8-10-18(11-9-16)27(24,25)21-17-6-4-3-5-7-17/h3-13,21H,14H2,1-2H3. The number of hydrogen-bond donors (Lipinski definition) is 1. The van der Waals surface area contributed by atoms with E-state index in [0.717, 1.165) is 10.4 Å². The van der Waals surface area contributed by atoms with E-state index in [4.69, 9.17) is 0 Å². The predicted octanol–water partition coefficient (Wildman–Crippen LogP) is 4.13. The predicted molar refractivity (Wildman–Crippen MR) is 109 cm³/mol. The van der Waals surface area contributed by atoms with Crippen molar-refractivity contribution in [1.29, 1.82) is 0 Å². The van der Waals surface area contributed by atoms with E-state index in [1.807, 2.05) is 24.4 Å². The van der Waals surface area contributed by atoms with Crippen LogP contribution in [-0.4, -0.2) is 26.3 Å². The SMILES string of the molecule is Cc1ccsc1CN(C)C(=O)c1ccc(S(=O)(=O)Nc2ccccc2)cc1. The van der Waals surface area contributed by atoms with Gasteiger partial charge in [-0.2, -0.15) is 0 Å². The van der Waals surface area contributed by atoms with E-state index in [1.165, 1.54) is 12.1 Å². The van der Waals surface area contributed by atoms with Gasteiger partial charge in [0.25, 0.3) is 15.9 Å². The maximum absolute atomic E-state index is 12.6. The summed E-state index contributed by atoms with van der Waals surface area (Å²) < 4.78 is 27.4. The molecule has 27 heavy (non-hydrogen) atoms. The van der Waals surface area contributed by atoms with Crippen molar-refractivity contribution < 1.29 is 13.2 Å². The lowest BCUT2D eigenvalue weighted by Gasteiger charge is -2.17. The maximum Gasteiger partial charge on any atom is 0.261 e. The summed E-state index contributed by atoms with van der Waals surface area (Å²) in [5.74, 6) is -0.150. The Morgan fingerprint density at radius 1 is 1.04 bits per heavy atom. The van der Waals surface area contributed by atoms with E-state index in [0.29, 0.717) is 17.8 Å². The number of para-hydroxylation sites is 1. The van der Waals surface area contributed by atoms with Gasteiger partial charge < -0.3 is 4.90 Å². The molecule has 1 aromatic heterocycles. The molecule has 3 aromatic rings. The van der Waals surface area contributed by atoms with Gasteiger partial charge in [0.2, 0.25) is 0 Å². The molecule has 0 aliphatic heterocycles. The van der Waals surface area contributed by atoms with E-state index in [2.05, 4.69) is 4.72 Å². The Kier molecular flexibility index (Phi) is 5.62. The Labute approximate surface area is 163 Å². The van der Waals surface area contributed by atoms with Gasteiger partial charge in [-0.3, -0.25) is 9.52 Å². The molecular weight excluding hydrogens is 380 g/mol. The quantitative estimate of drug-likeness (QED) is 0.677. The second-order valence-corrected chi connectivity index (χ2v) is 8.87. The van der Waals surface area contributed by atoms with Crippen molar-refractivity contribution in [3.8, 4) is 0 Å². The maximum atomic E-state index is 12.6. The van der Waals surface area contributed by atoms with Gasteiger partial charge in [0.05, 0.1) is 11.4 Å². The van der Waals surface area contributed by atoms with Crippen LogP contribution >= 0.6 is 11.3 Å². The number of sulfonamides is 1. The fraction of sp³-hybridized carbons (Fsp3) is 0.150. The first-order valence-corrected chi connectivity index (χ1v) is 10.7. The Morgan fingerprint density at radius 3 is 2.30 bits per heavy atom. The number of hydrogen-bond acceptors (Lipinski definition) is 4. The molecule has 0 aliphatic carbocycles. The minimum Gasteiger partial charge on any atom is -0.337 e. The average molecular weight is 401 g/mol. The number of aryl methyl sites for hydroxylation is 1. The molecule has 1 amide bonds. The minimum absolute atomic E-state index is 0.111. The van der Waals surface area contributed by atoms with Crippen molar-refractivity contribution in [2.24, 2.45) is 0 Å². The molecule has 5 nitrogen and oxygen atoms in total. The highest BCUT2D eigenvalue weighted by Gasteiger charge is 2.17. The minimum atomic E-state index is -3.70. The molecule has 0 fully saturated rings. The summed E-state index contributed by atoms with van der Waals surface area (Å²) in [4.78, 5) is 15.5. The molecule has 140 valence electrons. The topological polar surface area (TPSA) is 66.5 Å². The summed E-state index contributed by atoms with van der Waals surface area (Å²) in [6.07, 6.45) is 0. The molecular formula is C20H20N2O3S2. The fourth-order valence-electron chi connectivity index (χ4n) is 2.57. The van der Waals surface area contributed by atoms with Gasteiger partial charge in [-0.05, 0) is 60.3 Å². The third-order valence-corrected chi connectivity index (χ3v) is 6.54. The van der Waals surface area contributed by atoms with Crippen LogP contribution < -0.4 is 4.72 Å². The summed E-state index contributed by atoms with van der Waals surface area (Å²) in [5, 5.41) is 2.00. The average Bonchev–Trinajstić information content (AvgIpc) is 3.06. The zero-order chi connectivity index (χ0) is 19.4. The molecule has 0 saturated carbocycles. The van der Waals surface area contributed by atoms with Gasteiger partial charge in [-0.15, -0.1) is 11.3 Å². The van der Waals surface area contributed by atoms with E-state index in [-0.39, 0.29) is 10.8 Å². The monoisotopic (exact) mass is 400 g/mol. The molecule has 0 atom stereocenters. The molecule has 0 unspecified atom stereocenters. The molecule has 1 heterocycles. The Balaban J connectivity index is 1.72. The van der Waals surface area contributed by atoms with E-state index in [9.17, 15) is 13.2 Å². The van der Waals surface area contributed by atoms with Crippen LogP contribution in [0.5, 0.6) is 0 Å². The Bertz CT molecular complexity index is 1030. The van der Waals surface area contributed by atoms with Crippen LogP contribution in [0.25, 0.3) is 0 Å². The lowest BCUT2D eigenvalue weighted by Crippen LogP contribution is -2.26. The van der Waals surface area contributed by atoms with E-state index in [1.54, 1.807) is 59.7 Å². The molecule has 0 radical (unpaired) electrons. The Hall–Kier alpha value is -2.64. The van der Waals surface area contributed by atoms with Gasteiger partial charge >= 0.3 is 0 Å². The molecule has 2 aromatic carbocycles. The van der Waals surface area contributed by atoms with Crippen molar-refractivity contribution in [3.63, 3.8) is 0 Å². The molecule has 7 heteroatoms. The number of rotatable bonds is 6. The molecule has 0 bridgehead atoms. The molecule has 0 spiro atoms. The van der Waals surface area contributed by atoms with Gasteiger partial charge in [0, 0.05) is 23.2 Å². The number of carbonyl (C=O) groups is 1. The van der Waals surface area contributed by atoms with Crippen LogP contribution in [0.3, 0.4) is 0 Å². The number of benzene rings is 2. The van der Waals surface area contributed by atoms with E-state index >= 15 is 0 Å². The van der Waals surface area contributed by atoms with Crippen LogP contribution in [0.1, 0.15) is 20.8 Å². The molecule has 0 saturated heterocycles. The lowest BCUT2D eigenvalue weighted by molar-refractivity contribution is 0.0786. The molecule has 1 N–H and O–H groups in total. The van der Waals surface area contributed by atoms with Gasteiger partial charge in [0.15, 0.2) is 0 Å². The number of carbonyl (C=O) groups excluding carboxylic acids is 1. The number of amides is 1. The summed E-state index contributed by atoms with van der Waals surface area (Å²) in [7, 11) is -1.96. The highest BCUT2D eigenvalue weighted by molar-refractivity contribution is 7.92. The summed E-state index contributed by atoms with van der Waals surface area (Å²) in [6.45, 7) is 2.54. The van der Waals surface area contributed by atoms with Crippen LogP contribution in [-0.2, 0) is 16.6 Å². The smallest absolute Gasteiger partial charge is 0.261 e. The van der Waals surface area contributed by atoms with Crippen molar-refractivity contribution >= 4 is 33.0 Å². The van der Waals surface area contributed by atoms with Gasteiger partial charge in [-0.1, -0.05) is 18.2 Å². The second-order valence-electron chi connectivity index (χ2n) is 6.18. The summed E-state index contributed by atoms with van der Waals surface area (Å²) in [6, 6.07) is 16.7. The fourth-order valence-corrected chi connectivity index (χ4v) is 4.59. The third-order valence-electron chi connectivity index (χ3n) is 4.13. The summed E-state index contributed by atoms with van der Waals surface area (Å²) >= 11 is 1.62.